The molecular formula is C21H15BrN2O4. The highest BCUT2D eigenvalue weighted by Gasteiger charge is 2.30. The van der Waals surface area contributed by atoms with Crippen molar-refractivity contribution in [2.45, 2.75) is 18.8 Å². The Hall–Kier alpha value is -3.06. The van der Waals surface area contributed by atoms with Gasteiger partial charge in [-0.15, -0.1) is 0 Å². The molecule has 28 heavy (non-hydrogen) atoms. The molecule has 0 amide bonds. The van der Waals surface area contributed by atoms with E-state index in [4.69, 9.17) is 9.15 Å². The predicted octanol–water partition coefficient (Wildman–Crippen LogP) is 4.85. The van der Waals surface area contributed by atoms with Gasteiger partial charge >= 0.3 is 5.76 Å². The number of pyridine rings is 1. The van der Waals surface area contributed by atoms with Crippen LogP contribution in [0.2, 0.25) is 0 Å². The third-order valence-corrected chi connectivity index (χ3v) is 5.72. The molecule has 7 heteroatoms. The fourth-order valence-electron chi connectivity index (χ4n) is 3.82. The monoisotopic (exact) mass is 438 g/mol. The summed E-state index contributed by atoms with van der Waals surface area (Å²) in [6.07, 6.45) is 3.30. The average molecular weight is 439 g/mol. The first-order chi connectivity index (χ1) is 13.6. The lowest BCUT2D eigenvalue weighted by Crippen LogP contribution is -1.97. The minimum atomic E-state index is -0.644. The number of hydrogen-bond donors (Lipinski definition) is 2. The molecule has 0 spiro atoms. The lowest BCUT2D eigenvalue weighted by atomic mass is 9.99. The Morgan fingerprint density at radius 3 is 2.82 bits per heavy atom. The number of H-pyrrole nitrogens is 1. The molecule has 0 unspecified atom stereocenters. The molecule has 6 nitrogen and oxygen atoms in total. The normalized spacial score (nSPS) is 15.7. The van der Waals surface area contributed by atoms with E-state index >= 15 is 0 Å². The molecule has 2 aromatic heterocycles. The molecule has 0 saturated carbocycles. The van der Waals surface area contributed by atoms with Gasteiger partial charge in [0.2, 0.25) is 11.8 Å². The number of ether oxygens (including phenoxy) is 1. The van der Waals surface area contributed by atoms with Crippen molar-refractivity contribution in [1.29, 1.82) is 0 Å². The maximum atomic E-state index is 11.4. The molecule has 0 bridgehead atoms. The molecule has 1 atom stereocenters. The summed E-state index contributed by atoms with van der Waals surface area (Å²) < 4.78 is 12.1. The van der Waals surface area contributed by atoms with Crippen molar-refractivity contribution in [1.82, 2.24) is 9.97 Å². The summed E-state index contributed by atoms with van der Waals surface area (Å²) >= 11 is 3.52. The summed E-state index contributed by atoms with van der Waals surface area (Å²) in [6.45, 7) is 0. The van der Waals surface area contributed by atoms with Crippen LogP contribution in [0.15, 0.2) is 62.3 Å². The van der Waals surface area contributed by atoms with Crippen LogP contribution in [-0.2, 0) is 6.42 Å². The molecule has 140 valence electrons. The van der Waals surface area contributed by atoms with Crippen LogP contribution in [0.3, 0.4) is 0 Å². The van der Waals surface area contributed by atoms with Gasteiger partial charge in [-0.3, -0.25) is 4.98 Å². The van der Waals surface area contributed by atoms with Gasteiger partial charge in [-0.25, -0.2) is 9.78 Å². The SMILES string of the molecule is O=c1[nH]c(O)c([C@@H]2CCc3cc(Oc4ncc(Br)c5ccccc45)ccc32)o1. The third kappa shape index (κ3) is 2.79. The van der Waals surface area contributed by atoms with Crippen molar-refractivity contribution in [2.24, 2.45) is 0 Å². The Morgan fingerprint density at radius 2 is 2.04 bits per heavy atom. The molecular weight excluding hydrogens is 424 g/mol. The number of rotatable bonds is 3. The first-order valence-corrected chi connectivity index (χ1v) is 9.65. The Balaban J connectivity index is 1.49. The van der Waals surface area contributed by atoms with E-state index in [0.717, 1.165) is 39.2 Å². The van der Waals surface area contributed by atoms with Gasteiger partial charge in [0.15, 0.2) is 5.76 Å². The Labute approximate surface area is 167 Å². The van der Waals surface area contributed by atoms with Crippen molar-refractivity contribution >= 4 is 26.7 Å². The van der Waals surface area contributed by atoms with Crippen LogP contribution in [-0.4, -0.2) is 15.1 Å². The van der Waals surface area contributed by atoms with E-state index in [1.54, 1.807) is 6.20 Å². The van der Waals surface area contributed by atoms with Crippen LogP contribution in [0.25, 0.3) is 10.8 Å². The number of aromatic nitrogens is 2. The first-order valence-electron chi connectivity index (χ1n) is 8.86. The number of benzene rings is 2. The maximum Gasteiger partial charge on any atom is 0.419 e. The fourth-order valence-corrected chi connectivity index (χ4v) is 4.27. The van der Waals surface area contributed by atoms with Gasteiger partial charge < -0.3 is 14.3 Å². The van der Waals surface area contributed by atoms with E-state index in [1.165, 1.54) is 0 Å². The molecule has 4 aromatic rings. The smallest absolute Gasteiger partial charge is 0.419 e. The average Bonchev–Trinajstić information content (AvgIpc) is 3.26. The first kappa shape index (κ1) is 17.1. The van der Waals surface area contributed by atoms with Crippen molar-refractivity contribution in [3.63, 3.8) is 0 Å². The molecule has 0 aliphatic heterocycles. The highest BCUT2D eigenvalue weighted by atomic mass is 79.9. The van der Waals surface area contributed by atoms with Crippen LogP contribution in [0, 0.1) is 0 Å². The summed E-state index contributed by atoms with van der Waals surface area (Å²) in [7, 11) is 0. The van der Waals surface area contributed by atoms with Gasteiger partial charge in [0.1, 0.15) is 5.75 Å². The summed E-state index contributed by atoms with van der Waals surface area (Å²) in [5.74, 6) is 0.539. The van der Waals surface area contributed by atoms with Crippen molar-refractivity contribution < 1.29 is 14.3 Å². The molecule has 0 radical (unpaired) electrons. The van der Waals surface area contributed by atoms with E-state index in [1.807, 2.05) is 42.5 Å². The quantitative estimate of drug-likeness (QED) is 0.476. The number of aromatic hydroxyl groups is 1. The van der Waals surface area contributed by atoms with E-state index in [-0.39, 0.29) is 17.6 Å². The number of oxazole rings is 1. The van der Waals surface area contributed by atoms with Gasteiger partial charge in [-0.1, -0.05) is 24.3 Å². The topological polar surface area (TPSA) is 88.4 Å². The highest BCUT2D eigenvalue weighted by molar-refractivity contribution is 9.10. The van der Waals surface area contributed by atoms with E-state index in [2.05, 4.69) is 25.9 Å². The van der Waals surface area contributed by atoms with E-state index < -0.39 is 5.76 Å². The maximum absolute atomic E-state index is 11.4. The molecule has 0 saturated heterocycles. The Bertz CT molecular complexity index is 1260. The summed E-state index contributed by atoms with van der Waals surface area (Å²) in [4.78, 5) is 18.0. The zero-order valence-corrected chi connectivity index (χ0v) is 16.2. The van der Waals surface area contributed by atoms with Crippen LogP contribution in [0.4, 0.5) is 0 Å². The molecule has 2 aromatic carbocycles. The summed E-state index contributed by atoms with van der Waals surface area (Å²) in [5.41, 5.74) is 2.13. The second-order valence-corrected chi connectivity index (χ2v) is 7.59. The minimum absolute atomic E-state index is 0.144. The van der Waals surface area contributed by atoms with Gasteiger partial charge in [0, 0.05) is 27.4 Å². The molecule has 5 rings (SSSR count). The van der Waals surface area contributed by atoms with Crippen LogP contribution in [0.5, 0.6) is 17.5 Å². The van der Waals surface area contributed by atoms with Crippen molar-refractivity contribution in [3.05, 3.63) is 80.6 Å². The third-order valence-electron chi connectivity index (χ3n) is 5.09. The molecule has 1 aliphatic rings. The van der Waals surface area contributed by atoms with E-state index in [9.17, 15) is 9.90 Å². The number of fused-ring (bicyclic) bond motifs is 2. The zero-order chi connectivity index (χ0) is 19.3. The minimum Gasteiger partial charge on any atom is -0.492 e. The number of nitrogens with zero attached hydrogens (tertiary/aromatic N) is 1. The van der Waals surface area contributed by atoms with Crippen LogP contribution in [0.1, 0.15) is 29.2 Å². The predicted molar refractivity (Wildman–Crippen MR) is 107 cm³/mol. The van der Waals surface area contributed by atoms with Crippen molar-refractivity contribution in [3.8, 4) is 17.5 Å². The summed E-state index contributed by atoms with van der Waals surface area (Å²) in [5, 5.41) is 11.9. The second kappa shape index (κ2) is 6.53. The van der Waals surface area contributed by atoms with Gasteiger partial charge in [0.05, 0.1) is 0 Å². The number of aromatic amines is 1. The van der Waals surface area contributed by atoms with Gasteiger partial charge in [0.25, 0.3) is 0 Å². The van der Waals surface area contributed by atoms with Crippen molar-refractivity contribution in [2.75, 3.05) is 0 Å². The van der Waals surface area contributed by atoms with Crippen LogP contribution < -0.4 is 10.5 Å². The zero-order valence-electron chi connectivity index (χ0n) is 14.6. The fraction of sp³-hybridized carbons (Fsp3) is 0.143. The number of hydrogen-bond acceptors (Lipinski definition) is 5. The summed E-state index contributed by atoms with van der Waals surface area (Å²) in [6, 6.07) is 13.7. The van der Waals surface area contributed by atoms with E-state index in [0.29, 0.717) is 11.6 Å². The molecule has 0 fully saturated rings. The second-order valence-electron chi connectivity index (χ2n) is 6.74. The highest BCUT2D eigenvalue weighted by Crippen LogP contribution is 2.42. The molecule has 1 aliphatic carbocycles. The Kier molecular flexibility index (Phi) is 3.98. The lowest BCUT2D eigenvalue weighted by molar-refractivity contribution is 0.407. The lowest BCUT2D eigenvalue weighted by Gasteiger charge is -2.12. The van der Waals surface area contributed by atoms with Crippen LogP contribution >= 0.6 is 15.9 Å². The number of nitrogens with one attached hydrogen (secondary N) is 1. The standard InChI is InChI=1S/C21H15BrN2O4/c22-17-10-23-20(16-4-2-1-3-14(16)17)27-12-6-8-13-11(9-12)5-7-15(13)18-19(25)24-21(26)28-18/h1-4,6,8-10,15,25H,5,7H2,(H,24,26)/t15-/m1/s1. The Morgan fingerprint density at radius 1 is 1.21 bits per heavy atom. The number of aryl methyl sites for hydroxylation is 1. The molecule has 2 N–H and O–H groups in total. The van der Waals surface area contributed by atoms with Gasteiger partial charge in [-0.05, 0) is 58.1 Å². The molecule has 2 heterocycles. The number of halogens is 1. The largest absolute Gasteiger partial charge is 0.492 e. The van der Waals surface area contributed by atoms with Gasteiger partial charge in [-0.2, -0.15) is 0 Å².